The number of rotatable bonds is 6. The molecule has 8 heteroatoms. The molecule has 2 aliphatic rings. The summed E-state index contributed by atoms with van der Waals surface area (Å²) >= 11 is 1.47. The second kappa shape index (κ2) is 9.85. The molecule has 2 aromatic carbocycles. The summed E-state index contributed by atoms with van der Waals surface area (Å²) in [5.41, 5.74) is 1.95. The summed E-state index contributed by atoms with van der Waals surface area (Å²) in [6.45, 7) is 4.54. The van der Waals surface area contributed by atoms with Gasteiger partial charge in [0.25, 0.3) is 0 Å². The first-order chi connectivity index (χ1) is 15.8. The lowest BCUT2D eigenvalue weighted by atomic mass is 10.0. The van der Waals surface area contributed by atoms with E-state index < -0.39 is 0 Å². The van der Waals surface area contributed by atoms with Crippen molar-refractivity contribution in [2.45, 2.75) is 24.0 Å². The van der Waals surface area contributed by atoms with Crippen LogP contribution >= 0.6 is 11.8 Å². The van der Waals surface area contributed by atoms with Crippen molar-refractivity contribution in [2.75, 3.05) is 38.7 Å². The summed E-state index contributed by atoms with van der Waals surface area (Å²) in [4.78, 5) is 24.7. The summed E-state index contributed by atoms with van der Waals surface area (Å²) in [7, 11) is 0. The Bertz CT molecular complexity index is 1100. The molecule has 5 rings (SSSR count). The molecule has 3 aromatic rings. The van der Waals surface area contributed by atoms with Gasteiger partial charge in [-0.1, -0.05) is 48.2 Å². The molecule has 1 atom stereocenters. The predicted octanol–water partition coefficient (Wildman–Crippen LogP) is 3.19. The van der Waals surface area contributed by atoms with Crippen molar-refractivity contribution in [1.29, 1.82) is 0 Å². The van der Waals surface area contributed by atoms with E-state index in [9.17, 15) is 4.79 Å². The quantitative estimate of drug-likeness (QED) is 0.457. The molecule has 0 spiro atoms. The van der Waals surface area contributed by atoms with Crippen LogP contribution in [0.3, 0.4) is 0 Å². The first-order valence-corrected chi connectivity index (χ1v) is 11.9. The molecule has 0 radical (unpaired) electrons. The van der Waals surface area contributed by atoms with Gasteiger partial charge in [-0.15, -0.1) is 0 Å². The number of para-hydroxylation sites is 2. The minimum atomic E-state index is -0.0212. The second-order valence-corrected chi connectivity index (χ2v) is 8.90. The molecule has 0 bridgehead atoms. The fraction of sp³-hybridized carbons (Fsp3) is 0.375. The number of aromatic nitrogens is 2. The van der Waals surface area contributed by atoms with Crippen LogP contribution in [0.2, 0.25) is 0 Å². The first kappa shape index (κ1) is 21.2. The highest BCUT2D eigenvalue weighted by molar-refractivity contribution is 8.00. The van der Waals surface area contributed by atoms with E-state index in [2.05, 4.69) is 10.2 Å². The highest BCUT2D eigenvalue weighted by Crippen LogP contribution is 2.32. The number of amides is 1. The van der Waals surface area contributed by atoms with Gasteiger partial charge in [-0.2, -0.15) is 0 Å². The molecule has 1 fully saturated rings. The maximum absolute atomic E-state index is 12.8. The molecule has 1 saturated heterocycles. The third-order valence-corrected chi connectivity index (χ3v) is 6.71. The number of morpholine rings is 1. The third kappa shape index (κ3) is 4.87. The van der Waals surface area contributed by atoms with Gasteiger partial charge in [0.2, 0.25) is 5.91 Å². The lowest BCUT2D eigenvalue weighted by Crippen LogP contribution is -2.36. The highest BCUT2D eigenvalue weighted by Gasteiger charge is 2.23. The Morgan fingerprint density at radius 3 is 2.78 bits per heavy atom. The Morgan fingerprint density at radius 1 is 1.06 bits per heavy atom. The molecule has 7 nitrogen and oxygen atoms in total. The minimum Gasteiger partial charge on any atom is -0.493 e. The first-order valence-electron chi connectivity index (χ1n) is 11.0. The Labute approximate surface area is 191 Å². The van der Waals surface area contributed by atoms with Gasteiger partial charge in [0.1, 0.15) is 16.6 Å². The number of fused-ring (bicyclic) bond motifs is 2. The molecule has 1 amide bonds. The normalized spacial score (nSPS) is 18.7. The van der Waals surface area contributed by atoms with Gasteiger partial charge in [-0.25, -0.2) is 9.97 Å². The van der Waals surface area contributed by atoms with E-state index in [0.717, 1.165) is 65.8 Å². The zero-order chi connectivity index (χ0) is 21.8. The highest BCUT2D eigenvalue weighted by atomic mass is 32.2. The number of nitrogens with one attached hydrogen (secondary N) is 1. The largest absolute Gasteiger partial charge is 0.493 e. The van der Waals surface area contributed by atoms with Crippen molar-refractivity contribution in [3.05, 3.63) is 59.9 Å². The molecular formula is C24H26N4O3S. The summed E-state index contributed by atoms with van der Waals surface area (Å²) < 4.78 is 11.1. The Hall–Kier alpha value is -2.68. The lowest BCUT2D eigenvalue weighted by Gasteiger charge is -2.26. The number of thioether (sulfide) groups is 1. The van der Waals surface area contributed by atoms with Crippen molar-refractivity contribution in [3.8, 4) is 5.75 Å². The number of hydrogen-bond donors (Lipinski definition) is 1. The molecule has 0 saturated carbocycles. The van der Waals surface area contributed by atoms with Crippen LogP contribution in [0.1, 0.15) is 23.9 Å². The van der Waals surface area contributed by atoms with E-state index in [4.69, 9.17) is 19.4 Å². The molecule has 166 valence electrons. The number of carbonyl (C=O) groups excluding carboxylic acids is 1. The van der Waals surface area contributed by atoms with Crippen molar-refractivity contribution in [1.82, 2.24) is 20.2 Å². The maximum Gasteiger partial charge on any atom is 0.230 e. The standard InChI is InChI=1S/C24H26N4O3S/c29-23(26-20-9-12-31-21-8-4-2-5-17(20)21)16-32-24-18-6-1-3-7-19(18)25-22(27-24)15-28-10-13-30-14-11-28/h1-8,20H,9-16H2,(H,26,29). The molecule has 2 aliphatic heterocycles. The van der Waals surface area contributed by atoms with Crippen LogP contribution in [0.25, 0.3) is 10.9 Å². The Balaban J connectivity index is 1.29. The van der Waals surface area contributed by atoms with Crippen LogP contribution in [0.4, 0.5) is 0 Å². The number of carbonyl (C=O) groups is 1. The minimum absolute atomic E-state index is 0.00544. The predicted molar refractivity (Wildman–Crippen MR) is 124 cm³/mol. The van der Waals surface area contributed by atoms with E-state index in [-0.39, 0.29) is 11.9 Å². The van der Waals surface area contributed by atoms with E-state index in [1.165, 1.54) is 11.8 Å². The fourth-order valence-corrected chi connectivity index (χ4v) is 4.94. The molecule has 1 unspecified atom stereocenters. The average Bonchev–Trinajstić information content (AvgIpc) is 2.83. The zero-order valence-electron chi connectivity index (χ0n) is 17.8. The maximum atomic E-state index is 12.8. The van der Waals surface area contributed by atoms with Crippen LogP contribution in [0, 0.1) is 0 Å². The van der Waals surface area contributed by atoms with Gasteiger partial charge in [0.15, 0.2) is 0 Å². The third-order valence-electron chi connectivity index (χ3n) is 5.72. The smallest absolute Gasteiger partial charge is 0.230 e. The fourth-order valence-electron chi connectivity index (χ4n) is 4.10. The number of hydrogen-bond acceptors (Lipinski definition) is 7. The van der Waals surface area contributed by atoms with Gasteiger partial charge in [-0.05, 0) is 12.1 Å². The molecule has 1 N–H and O–H groups in total. The van der Waals surface area contributed by atoms with Crippen LogP contribution < -0.4 is 10.1 Å². The van der Waals surface area contributed by atoms with Crippen molar-refractivity contribution in [2.24, 2.45) is 0 Å². The summed E-state index contributed by atoms with van der Waals surface area (Å²) in [6, 6.07) is 15.9. The zero-order valence-corrected chi connectivity index (χ0v) is 18.6. The topological polar surface area (TPSA) is 76.6 Å². The van der Waals surface area contributed by atoms with Crippen LogP contribution in [-0.2, 0) is 16.1 Å². The van der Waals surface area contributed by atoms with Crippen LogP contribution in [-0.4, -0.2) is 59.4 Å². The Morgan fingerprint density at radius 2 is 1.88 bits per heavy atom. The molecule has 32 heavy (non-hydrogen) atoms. The number of ether oxygens (including phenoxy) is 2. The molecule has 0 aliphatic carbocycles. The molecular weight excluding hydrogens is 424 g/mol. The summed E-state index contributed by atoms with van der Waals surface area (Å²) in [5.74, 6) is 1.93. The van der Waals surface area contributed by atoms with E-state index in [0.29, 0.717) is 18.9 Å². The van der Waals surface area contributed by atoms with Gasteiger partial charge in [0.05, 0.1) is 43.7 Å². The number of nitrogens with zero attached hydrogens (tertiary/aromatic N) is 3. The molecule has 3 heterocycles. The van der Waals surface area contributed by atoms with E-state index in [1.807, 2.05) is 48.5 Å². The lowest BCUT2D eigenvalue weighted by molar-refractivity contribution is -0.119. The van der Waals surface area contributed by atoms with Crippen LogP contribution in [0.5, 0.6) is 5.75 Å². The average molecular weight is 451 g/mol. The number of benzene rings is 2. The molecule has 1 aromatic heterocycles. The second-order valence-electron chi connectivity index (χ2n) is 7.93. The van der Waals surface area contributed by atoms with Gasteiger partial charge in [0, 0.05) is 30.5 Å². The summed E-state index contributed by atoms with van der Waals surface area (Å²) in [5, 5.41) is 5.00. The van der Waals surface area contributed by atoms with Gasteiger partial charge < -0.3 is 14.8 Å². The Kier molecular flexibility index (Phi) is 6.52. The van der Waals surface area contributed by atoms with E-state index in [1.54, 1.807) is 0 Å². The van der Waals surface area contributed by atoms with Gasteiger partial charge >= 0.3 is 0 Å². The van der Waals surface area contributed by atoms with Crippen molar-refractivity contribution in [3.63, 3.8) is 0 Å². The van der Waals surface area contributed by atoms with Gasteiger partial charge in [-0.3, -0.25) is 9.69 Å². The van der Waals surface area contributed by atoms with Crippen molar-refractivity contribution >= 4 is 28.6 Å². The summed E-state index contributed by atoms with van der Waals surface area (Å²) in [6.07, 6.45) is 0.771. The monoisotopic (exact) mass is 450 g/mol. The van der Waals surface area contributed by atoms with E-state index >= 15 is 0 Å². The van der Waals surface area contributed by atoms with Crippen LogP contribution in [0.15, 0.2) is 53.6 Å². The SMILES string of the molecule is O=C(CSc1nc(CN2CCOCC2)nc2ccccc12)NC1CCOc2ccccc21. The van der Waals surface area contributed by atoms with Crippen molar-refractivity contribution < 1.29 is 14.3 Å².